The largest absolute Gasteiger partial charge is 0.394 e. The quantitative estimate of drug-likeness (QED) is 0.284. The lowest BCUT2D eigenvalue weighted by molar-refractivity contribution is 0.0165. The van der Waals surface area contributed by atoms with E-state index in [2.05, 4.69) is 26.0 Å². The molecule has 1 aromatic carbocycles. The minimum atomic E-state index is -0.634. The monoisotopic (exact) mass is 377 g/mol. The van der Waals surface area contributed by atoms with Crippen LogP contribution >= 0.6 is 11.8 Å². The molecule has 0 aliphatic rings. The van der Waals surface area contributed by atoms with Crippen molar-refractivity contribution in [2.75, 3.05) is 24.8 Å². The molecule has 1 amide bonds. The molecule has 0 fully saturated rings. The van der Waals surface area contributed by atoms with E-state index in [0.717, 1.165) is 4.90 Å². The van der Waals surface area contributed by atoms with Gasteiger partial charge in [-0.1, -0.05) is 0 Å². The minimum Gasteiger partial charge on any atom is -0.394 e. The number of aromatic amines is 1. The van der Waals surface area contributed by atoms with Gasteiger partial charge in [-0.3, -0.25) is 14.7 Å². The van der Waals surface area contributed by atoms with Crippen LogP contribution in [0.2, 0.25) is 0 Å². The van der Waals surface area contributed by atoms with Crippen molar-refractivity contribution in [1.29, 1.82) is 0 Å². The number of aromatic nitrogens is 3. The standard InChI is InChI=1S/C16H16FN5O3S/c1-26-9-2-3-12(11(17)6-9)20-14-10-7-19-21-13(10)8-18-15(14)16(24)22-25-5-4-23/h2-3,6-8,20,23H,4-5H2,1H3,(H,19,21)(H,22,24). The Labute approximate surface area is 152 Å². The van der Waals surface area contributed by atoms with Gasteiger partial charge >= 0.3 is 0 Å². The number of rotatable bonds is 7. The van der Waals surface area contributed by atoms with E-state index in [1.54, 1.807) is 12.1 Å². The second-order valence-electron chi connectivity index (χ2n) is 5.15. The number of H-pyrrole nitrogens is 1. The zero-order chi connectivity index (χ0) is 18.5. The number of halogens is 1. The first kappa shape index (κ1) is 18.1. The number of hydroxylamine groups is 1. The SMILES string of the molecule is CSc1ccc(Nc2c(C(=O)NOCCO)ncc3[nH]ncc23)c(F)c1. The average Bonchev–Trinajstić information content (AvgIpc) is 3.12. The molecule has 2 aromatic heterocycles. The summed E-state index contributed by atoms with van der Waals surface area (Å²) in [5.74, 6) is -1.09. The number of hydrogen-bond acceptors (Lipinski definition) is 7. The number of pyridine rings is 1. The number of aliphatic hydroxyl groups excluding tert-OH is 1. The Bertz CT molecular complexity index is 933. The van der Waals surface area contributed by atoms with Crippen molar-refractivity contribution in [2.24, 2.45) is 0 Å². The van der Waals surface area contributed by atoms with Crippen molar-refractivity contribution >= 4 is 39.9 Å². The van der Waals surface area contributed by atoms with Gasteiger partial charge in [-0.15, -0.1) is 11.8 Å². The van der Waals surface area contributed by atoms with E-state index in [4.69, 9.17) is 9.94 Å². The fraction of sp³-hybridized carbons (Fsp3) is 0.188. The summed E-state index contributed by atoms with van der Waals surface area (Å²) in [5, 5.41) is 18.9. The van der Waals surface area contributed by atoms with Crippen LogP contribution in [-0.2, 0) is 4.84 Å². The summed E-state index contributed by atoms with van der Waals surface area (Å²) >= 11 is 1.42. The molecule has 8 nitrogen and oxygen atoms in total. The highest BCUT2D eigenvalue weighted by atomic mass is 32.2. The van der Waals surface area contributed by atoms with Gasteiger partial charge < -0.3 is 10.4 Å². The molecule has 0 saturated heterocycles. The Morgan fingerprint density at radius 3 is 3.00 bits per heavy atom. The summed E-state index contributed by atoms with van der Waals surface area (Å²) in [5.41, 5.74) is 3.26. The van der Waals surface area contributed by atoms with Crippen LogP contribution < -0.4 is 10.8 Å². The van der Waals surface area contributed by atoms with Crippen molar-refractivity contribution in [3.8, 4) is 0 Å². The van der Waals surface area contributed by atoms with E-state index in [9.17, 15) is 9.18 Å². The van der Waals surface area contributed by atoms with Gasteiger partial charge in [0.25, 0.3) is 5.91 Å². The Hall–Kier alpha value is -2.69. The van der Waals surface area contributed by atoms with Gasteiger partial charge in [-0.05, 0) is 24.5 Å². The summed E-state index contributed by atoms with van der Waals surface area (Å²) in [4.78, 5) is 22.1. The molecule has 0 saturated carbocycles. The third kappa shape index (κ3) is 3.77. The normalized spacial score (nSPS) is 10.9. The van der Waals surface area contributed by atoms with Gasteiger partial charge in [0.1, 0.15) is 5.82 Å². The number of carbonyl (C=O) groups excluding carboxylic acids is 1. The van der Waals surface area contributed by atoms with Crippen LogP contribution in [0.5, 0.6) is 0 Å². The first-order chi connectivity index (χ1) is 12.6. The molecule has 0 bridgehead atoms. The molecule has 10 heteroatoms. The summed E-state index contributed by atoms with van der Waals surface area (Å²) in [7, 11) is 0. The van der Waals surface area contributed by atoms with Gasteiger partial charge in [0.2, 0.25) is 0 Å². The third-order valence-corrected chi connectivity index (χ3v) is 4.23. The Balaban J connectivity index is 1.98. The molecule has 136 valence electrons. The first-order valence-corrected chi connectivity index (χ1v) is 8.82. The molecule has 0 aliphatic heterocycles. The second kappa shape index (κ2) is 8.13. The topological polar surface area (TPSA) is 112 Å². The van der Waals surface area contributed by atoms with E-state index in [0.29, 0.717) is 10.9 Å². The number of nitrogens with zero attached hydrogens (tertiary/aromatic N) is 2. The number of nitrogens with one attached hydrogen (secondary N) is 3. The maximum Gasteiger partial charge on any atom is 0.295 e. The molecule has 4 N–H and O–H groups in total. The summed E-state index contributed by atoms with van der Waals surface area (Å²) in [6.45, 7) is -0.306. The Morgan fingerprint density at radius 2 is 2.27 bits per heavy atom. The minimum absolute atomic E-state index is 0.00480. The smallest absolute Gasteiger partial charge is 0.295 e. The number of aliphatic hydroxyl groups is 1. The number of carbonyl (C=O) groups is 1. The molecule has 0 spiro atoms. The summed E-state index contributed by atoms with van der Waals surface area (Å²) in [6, 6.07) is 4.76. The molecule has 0 radical (unpaired) electrons. The maximum atomic E-state index is 14.4. The molecular weight excluding hydrogens is 361 g/mol. The van der Waals surface area contributed by atoms with Crippen molar-refractivity contribution in [2.45, 2.75) is 4.90 Å². The molecule has 3 aromatic rings. The number of amides is 1. The highest BCUT2D eigenvalue weighted by molar-refractivity contribution is 7.98. The summed E-state index contributed by atoms with van der Waals surface area (Å²) in [6.07, 6.45) is 4.81. The molecule has 0 atom stereocenters. The lowest BCUT2D eigenvalue weighted by Crippen LogP contribution is -2.26. The van der Waals surface area contributed by atoms with Crippen LogP contribution in [0.4, 0.5) is 15.8 Å². The van der Waals surface area contributed by atoms with Gasteiger partial charge in [-0.25, -0.2) is 14.9 Å². The Morgan fingerprint density at radius 1 is 1.42 bits per heavy atom. The zero-order valence-electron chi connectivity index (χ0n) is 13.7. The second-order valence-corrected chi connectivity index (χ2v) is 6.03. The van der Waals surface area contributed by atoms with Crippen LogP contribution in [0.3, 0.4) is 0 Å². The lowest BCUT2D eigenvalue weighted by Gasteiger charge is -2.13. The molecule has 2 heterocycles. The van der Waals surface area contributed by atoms with Gasteiger partial charge in [-0.2, -0.15) is 5.10 Å². The predicted octanol–water partition coefficient (Wildman–Crippen LogP) is 2.22. The molecule has 0 unspecified atom stereocenters. The maximum absolute atomic E-state index is 14.4. The van der Waals surface area contributed by atoms with E-state index in [-0.39, 0.29) is 30.3 Å². The average molecular weight is 377 g/mol. The number of hydrogen-bond donors (Lipinski definition) is 4. The highest BCUT2D eigenvalue weighted by Crippen LogP contribution is 2.30. The van der Waals surface area contributed by atoms with E-state index in [1.807, 2.05) is 6.26 Å². The number of thioether (sulfide) groups is 1. The zero-order valence-corrected chi connectivity index (χ0v) is 14.6. The van der Waals surface area contributed by atoms with Crippen molar-refractivity contribution < 1.29 is 19.1 Å². The van der Waals surface area contributed by atoms with Crippen LogP contribution in [-0.4, -0.2) is 45.7 Å². The van der Waals surface area contributed by atoms with Crippen molar-refractivity contribution in [3.63, 3.8) is 0 Å². The van der Waals surface area contributed by atoms with Crippen LogP contribution in [0.1, 0.15) is 10.5 Å². The van der Waals surface area contributed by atoms with E-state index >= 15 is 0 Å². The van der Waals surface area contributed by atoms with E-state index < -0.39 is 11.7 Å². The van der Waals surface area contributed by atoms with Crippen LogP contribution in [0.15, 0.2) is 35.5 Å². The van der Waals surface area contributed by atoms with Gasteiger partial charge in [0.05, 0.1) is 42.5 Å². The number of fused-ring (bicyclic) bond motifs is 1. The van der Waals surface area contributed by atoms with Crippen LogP contribution in [0, 0.1) is 5.82 Å². The fourth-order valence-corrected chi connectivity index (χ4v) is 2.71. The molecule has 26 heavy (non-hydrogen) atoms. The van der Waals surface area contributed by atoms with Crippen molar-refractivity contribution in [3.05, 3.63) is 42.1 Å². The fourth-order valence-electron chi connectivity index (χ4n) is 2.28. The summed E-state index contributed by atoms with van der Waals surface area (Å²) < 4.78 is 14.4. The molecular formula is C16H16FN5O3S. The molecule has 0 aliphatic carbocycles. The molecule has 3 rings (SSSR count). The van der Waals surface area contributed by atoms with Crippen LogP contribution in [0.25, 0.3) is 10.9 Å². The van der Waals surface area contributed by atoms with E-state index in [1.165, 1.54) is 30.2 Å². The highest BCUT2D eigenvalue weighted by Gasteiger charge is 2.19. The van der Waals surface area contributed by atoms with Gasteiger partial charge in [0.15, 0.2) is 5.69 Å². The predicted molar refractivity (Wildman–Crippen MR) is 95.9 cm³/mol. The lowest BCUT2D eigenvalue weighted by atomic mass is 10.2. The van der Waals surface area contributed by atoms with Gasteiger partial charge in [0, 0.05) is 10.3 Å². The Kier molecular flexibility index (Phi) is 5.66. The third-order valence-electron chi connectivity index (χ3n) is 3.51. The number of benzene rings is 1. The first-order valence-electron chi connectivity index (χ1n) is 7.59. The van der Waals surface area contributed by atoms with Crippen molar-refractivity contribution in [1.82, 2.24) is 20.7 Å². The number of anilines is 2.